The Balaban J connectivity index is 1.66. The van der Waals surface area contributed by atoms with Gasteiger partial charge < -0.3 is 5.11 Å². The lowest BCUT2D eigenvalue weighted by molar-refractivity contribution is -0.219. The van der Waals surface area contributed by atoms with Gasteiger partial charge in [-0.25, -0.2) is 0 Å². The largest absolute Gasteiger partial charge is 0.415 e. The van der Waals surface area contributed by atoms with Crippen molar-refractivity contribution in [2.75, 3.05) is 19.6 Å². The molecule has 1 aromatic rings. The molecule has 0 unspecified atom stereocenters. The summed E-state index contributed by atoms with van der Waals surface area (Å²) in [7, 11) is 0. The number of fused-ring (bicyclic) bond motifs is 1. The zero-order valence-corrected chi connectivity index (χ0v) is 12.8. The van der Waals surface area contributed by atoms with Gasteiger partial charge in [0.2, 0.25) is 0 Å². The number of aliphatic hydroxyl groups is 1. The van der Waals surface area contributed by atoms with Crippen LogP contribution in [0.15, 0.2) is 24.3 Å². The highest BCUT2D eigenvalue weighted by Crippen LogP contribution is 2.30. The number of hydrogen-bond donors (Lipinski definition) is 1. The van der Waals surface area contributed by atoms with Gasteiger partial charge in [0, 0.05) is 19.1 Å². The van der Waals surface area contributed by atoms with Crippen LogP contribution >= 0.6 is 0 Å². The van der Waals surface area contributed by atoms with Crippen LogP contribution in [-0.2, 0) is 0 Å². The maximum atomic E-state index is 12.7. The van der Waals surface area contributed by atoms with E-state index in [9.17, 15) is 27.9 Å². The SMILES string of the molecule is O=C1c2ccccc2C(=O)N1CCN1CCC[C@@H]1[C@H](O)C(F)(F)F. The van der Waals surface area contributed by atoms with Crippen molar-refractivity contribution < 1.29 is 27.9 Å². The molecule has 0 radical (unpaired) electrons. The predicted molar refractivity (Wildman–Crippen MR) is 78.5 cm³/mol. The van der Waals surface area contributed by atoms with Gasteiger partial charge in [-0.2, -0.15) is 13.2 Å². The number of aliphatic hydroxyl groups excluding tert-OH is 1. The van der Waals surface area contributed by atoms with Crippen LogP contribution < -0.4 is 0 Å². The average Bonchev–Trinajstić information content (AvgIpc) is 3.09. The molecule has 0 aromatic heterocycles. The summed E-state index contributed by atoms with van der Waals surface area (Å²) in [6.45, 7) is 0.525. The monoisotopic (exact) mass is 342 g/mol. The number of rotatable bonds is 4. The first-order valence-corrected chi connectivity index (χ1v) is 7.75. The summed E-state index contributed by atoms with van der Waals surface area (Å²) in [5.41, 5.74) is 0.631. The average molecular weight is 342 g/mol. The van der Waals surface area contributed by atoms with E-state index in [1.807, 2.05) is 0 Å². The van der Waals surface area contributed by atoms with Gasteiger partial charge in [-0.15, -0.1) is 0 Å². The van der Waals surface area contributed by atoms with E-state index < -0.39 is 30.1 Å². The molecule has 2 amide bonds. The van der Waals surface area contributed by atoms with Gasteiger partial charge in [-0.1, -0.05) is 12.1 Å². The smallest absolute Gasteiger partial charge is 0.382 e. The molecule has 0 spiro atoms. The Hall–Kier alpha value is -1.93. The second kappa shape index (κ2) is 6.18. The molecule has 8 heteroatoms. The fourth-order valence-corrected chi connectivity index (χ4v) is 3.38. The lowest BCUT2D eigenvalue weighted by Crippen LogP contribution is -2.49. The van der Waals surface area contributed by atoms with Crippen LogP contribution in [0.2, 0.25) is 0 Å². The van der Waals surface area contributed by atoms with E-state index in [2.05, 4.69) is 0 Å². The summed E-state index contributed by atoms with van der Waals surface area (Å²) in [6.07, 6.45) is -6.31. The highest BCUT2D eigenvalue weighted by Gasteiger charge is 2.47. The van der Waals surface area contributed by atoms with Crippen molar-refractivity contribution in [3.63, 3.8) is 0 Å². The molecule has 2 aliphatic heterocycles. The Morgan fingerprint density at radius 1 is 1.12 bits per heavy atom. The maximum Gasteiger partial charge on any atom is 0.415 e. The third kappa shape index (κ3) is 2.91. The van der Waals surface area contributed by atoms with Gasteiger partial charge in [0.15, 0.2) is 6.10 Å². The molecule has 2 atom stereocenters. The number of amides is 2. The number of benzene rings is 1. The standard InChI is InChI=1S/C16H17F3N2O3/c17-16(18,19)13(22)12-6-3-7-20(12)8-9-21-14(23)10-4-1-2-5-11(10)15(21)24/h1-2,4-5,12-13,22H,3,6-9H2/t12-,13+/m1/s1. The molecule has 1 aromatic carbocycles. The van der Waals surface area contributed by atoms with Crippen LogP contribution in [0.5, 0.6) is 0 Å². The molecule has 1 N–H and O–H groups in total. The van der Waals surface area contributed by atoms with E-state index in [1.54, 1.807) is 24.3 Å². The number of hydrogen-bond acceptors (Lipinski definition) is 4. The molecule has 3 rings (SSSR count). The second-order valence-electron chi connectivity index (χ2n) is 6.04. The highest BCUT2D eigenvalue weighted by atomic mass is 19.4. The number of carbonyl (C=O) groups is 2. The van der Waals surface area contributed by atoms with Gasteiger partial charge in [-0.05, 0) is 31.5 Å². The van der Waals surface area contributed by atoms with E-state index in [-0.39, 0.29) is 19.5 Å². The lowest BCUT2D eigenvalue weighted by Gasteiger charge is -2.30. The zero-order valence-electron chi connectivity index (χ0n) is 12.8. The Morgan fingerprint density at radius 3 is 2.25 bits per heavy atom. The van der Waals surface area contributed by atoms with Crippen molar-refractivity contribution in [1.82, 2.24) is 9.80 Å². The van der Waals surface area contributed by atoms with Gasteiger partial charge in [0.05, 0.1) is 11.1 Å². The molecule has 0 bridgehead atoms. The molecular weight excluding hydrogens is 325 g/mol. The molecular formula is C16H17F3N2O3. The van der Waals surface area contributed by atoms with Crippen LogP contribution in [0.25, 0.3) is 0 Å². The van der Waals surface area contributed by atoms with Crippen molar-refractivity contribution in [2.24, 2.45) is 0 Å². The fourth-order valence-electron chi connectivity index (χ4n) is 3.38. The minimum Gasteiger partial charge on any atom is -0.382 e. The first-order valence-electron chi connectivity index (χ1n) is 7.75. The van der Waals surface area contributed by atoms with Crippen molar-refractivity contribution in [3.05, 3.63) is 35.4 Å². The Bertz CT molecular complexity index is 627. The minimum absolute atomic E-state index is 0.00736. The van der Waals surface area contributed by atoms with Gasteiger partial charge >= 0.3 is 6.18 Å². The molecule has 24 heavy (non-hydrogen) atoms. The molecule has 0 aliphatic carbocycles. The number of alkyl halides is 3. The Labute approximate surface area is 136 Å². The highest BCUT2D eigenvalue weighted by molar-refractivity contribution is 6.21. The molecule has 1 saturated heterocycles. The van der Waals surface area contributed by atoms with E-state index in [1.165, 1.54) is 4.90 Å². The normalized spacial score (nSPS) is 23.0. The summed E-state index contributed by atoms with van der Waals surface area (Å²) >= 11 is 0. The first-order chi connectivity index (χ1) is 11.3. The van der Waals surface area contributed by atoms with Crippen LogP contribution in [0.4, 0.5) is 13.2 Å². The number of halogens is 3. The van der Waals surface area contributed by atoms with Crippen LogP contribution in [0.1, 0.15) is 33.6 Å². The van der Waals surface area contributed by atoms with Crippen molar-refractivity contribution >= 4 is 11.8 Å². The van der Waals surface area contributed by atoms with Gasteiger partial charge in [-0.3, -0.25) is 19.4 Å². The van der Waals surface area contributed by atoms with E-state index >= 15 is 0 Å². The number of imide groups is 1. The van der Waals surface area contributed by atoms with Crippen LogP contribution in [0.3, 0.4) is 0 Å². The summed E-state index contributed by atoms with van der Waals surface area (Å²) in [4.78, 5) is 27.0. The molecule has 0 saturated carbocycles. The first kappa shape index (κ1) is 16.9. The number of carbonyl (C=O) groups excluding carboxylic acids is 2. The minimum atomic E-state index is -4.68. The molecule has 2 aliphatic rings. The van der Waals surface area contributed by atoms with Crippen LogP contribution in [-0.4, -0.2) is 64.7 Å². The molecule has 2 heterocycles. The second-order valence-corrected chi connectivity index (χ2v) is 6.04. The predicted octanol–water partition coefficient (Wildman–Crippen LogP) is 1.67. The third-order valence-corrected chi connectivity index (χ3v) is 4.60. The van der Waals surface area contributed by atoms with Crippen LogP contribution in [0, 0.1) is 0 Å². The fraction of sp³-hybridized carbons (Fsp3) is 0.500. The quantitative estimate of drug-likeness (QED) is 0.846. The van der Waals surface area contributed by atoms with Gasteiger partial charge in [0.25, 0.3) is 11.8 Å². The lowest BCUT2D eigenvalue weighted by atomic mass is 10.1. The van der Waals surface area contributed by atoms with Crippen molar-refractivity contribution in [3.8, 4) is 0 Å². The number of likely N-dealkylation sites (tertiary alicyclic amines) is 1. The molecule has 130 valence electrons. The summed E-state index contributed by atoms with van der Waals surface area (Å²) in [5, 5.41) is 9.48. The zero-order chi connectivity index (χ0) is 17.5. The van der Waals surface area contributed by atoms with E-state index in [4.69, 9.17) is 0 Å². The summed E-state index contributed by atoms with van der Waals surface area (Å²) in [6, 6.07) is 5.40. The Morgan fingerprint density at radius 2 is 1.71 bits per heavy atom. The third-order valence-electron chi connectivity index (χ3n) is 4.60. The topological polar surface area (TPSA) is 60.9 Å². The summed E-state index contributed by atoms with van der Waals surface area (Å²) < 4.78 is 38.2. The van der Waals surface area contributed by atoms with Crippen molar-refractivity contribution in [2.45, 2.75) is 31.2 Å². The summed E-state index contributed by atoms with van der Waals surface area (Å²) in [5.74, 6) is -0.856. The van der Waals surface area contributed by atoms with E-state index in [0.29, 0.717) is 24.1 Å². The van der Waals surface area contributed by atoms with Gasteiger partial charge in [0.1, 0.15) is 0 Å². The van der Waals surface area contributed by atoms with E-state index in [0.717, 1.165) is 4.90 Å². The van der Waals surface area contributed by atoms with Crippen molar-refractivity contribution in [1.29, 1.82) is 0 Å². The molecule has 5 nitrogen and oxygen atoms in total. The maximum absolute atomic E-state index is 12.7. The number of nitrogens with zero attached hydrogens (tertiary/aromatic N) is 2. The molecule has 1 fully saturated rings. The Kier molecular flexibility index (Phi) is 4.35.